The van der Waals surface area contributed by atoms with Crippen molar-refractivity contribution < 1.29 is 0 Å². The van der Waals surface area contributed by atoms with Crippen LogP contribution in [0.25, 0.3) is 47.2 Å². The molecule has 270 valence electrons. The maximum absolute atomic E-state index is 2.52. The lowest BCUT2D eigenvalue weighted by Gasteiger charge is -2.34. The van der Waals surface area contributed by atoms with E-state index in [-0.39, 0.29) is 12.1 Å². The Morgan fingerprint density at radius 3 is 1.93 bits per heavy atom. The average Bonchev–Trinajstić information content (AvgIpc) is 3.26. The second-order valence-electron chi connectivity index (χ2n) is 15.2. The summed E-state index contributed by atoms with van der Waals surface area (Å²) in [6, 6.07) is 58.5. The van der Waals surface area contributed by atoms with Crippen molar-refractivity contribution >= 4 is 70.0 Å². The van der Waals surface area contributed by atoms with Crippen LogP contribution in [0, 0.1) is 0 Å². The molecule has 0 aromatic heterocycles. The van der Waals surface area contributed by atoms with E-state index in [2.05, 4.69) is 216 Å². The van der Waals surface area contributed by atoms with E-state index >= 15 is 0 Å². The molecule has 7 aromatic rings. The quantitative estimate of drug-likeness (QED) is 0.144. The molecule has 0 saturated carbocycles. The van der Waals surface area contributed by atoms with Crippen LogP contribution in [0.4, 0.5) is 22.7 Å². The van der Waals surface area contributed by atoms with E-state index < -0.39 is 0 Å². The zero-order valence-corrected chi connectivity index (χ0v) is 31.5. The molecule has 2 nitrogen and oxygen atoms in total. The van der Waals surface area contributed by atoms with Gasteiger partial charge in [-0.3, -0.25) is 0 Å². The summed E-state index contributed by atoms with van der Waals surface area (Å²) < 4.78 is 0. The molecule has 10 rings (SSSR count). The number of fused-ring (bicyclic) bond motifs is 4. The van der Waals surface area contributed by atoms with Crippen molar-refractivity contribution in [3.8, 4) is 0 Å². The Bertz CT molecular complexity index is 2770. The molecular weight excluding hydrogens is 677 g/mol. The number of hydrogen-bond donors (Lipinski definition) is 0. The van der Waals surface area contributed by atoms with Gasteiger partial charge >= 0.3 is 0 Å². The van der Waals surface area contributed by atoms with E-state index in [1.54, 1.807) is 0 Å². The molecule has 0 spiro atoms. The first kappa shape index (κ1) is 33.9. The van der Waals surface area contributed by atoms with Gasteiger partial charge in [0, 0.05) is 22.7 Å². The molecule has 0 saturated heterocycles. The molecule has 0 amide bonds. The molecule has 0 bridgehead atoms. The van der Waals surface area contributed by atoms with Crippen molar-refractivity contribution in [1.82, 2.24) is 0 Å². The fourth-order valence-electron chi connectivity index (χ4n) is 8.76. The number of hydrogen-bond acceptors (Lipinski definition) is 2. The Morgan fingerprint density at radius 1 is 0.482 bits per heavy atom. The number of aryl methyl sites for hydroxylation is 1. The molecule has 3 aliphatic rings. The Morgan fingerprint density at radius 2 is 1.12 bits per heavy atom. The summed E-state index contributed by atoms with van der Waals surface area (Å²) in [5.41, 5.74) is 12.7. The maximum Gasteiger partial charge on any atom is 0.0566 e. The zero-order chi connectivity index (χ0) is 37.3. The molecule has 56 heavy (non-hydrogen) atoms. The minimum atomic E-state index is 0.210. The van der Waals surface area contributed by atoms with Gasteiger partial charge in [-0.05, 0) is 129 Å². The summed E-state index contributed by atoms with van der Waals surface area (Å²) in [6.07, 6.45) is 22.7. The normalized spacial score (nSPS) is 16.7. The lowest BCUT2D eigenvalue weighted by molar-refractivity contribution is 0.767. The van der Waals surface area contributed by atoms with Crippen LogP contribution in [0.5, 0.6) is 0 Å². The van der Waals surface area contributed by atoms with Crippen LogP contribution in [0.1, 0.15) is 46.2 Å². The van der Waals surface area contributed by atoms with Gasteiger partial charge < -0.3 is 9.80 Å². The summed E-state index contributed by atoms with van der Waals surface area (Å²) in [4.78, 5) is 5.01. The van der Waals surface area contributed by atoms with Gasteiger partial charge in [0.2, 0.25) is 0 Å². The van der Waals surface area contributed by atoms with Crippen LogP contribution >= 0.6 is 0 Å². The third kappa shape index (κ3) is 6.80. The third-order valence-corrected chi connectivity index (χ3v) is 11.7. The highest BCUT2D eigenvalue weighted by atomic mass is 15.2. The Balaban J connectivity index is 0.925. The predicted molar refractivity (Wildman–Crippen MR) is 240 cm³/mol. The van der Waals surface area contributed by atoms with Crippen LogP contribution in [-0.2, 0) is 12.8 Å². The molecule has 7 aromatic carbocycles. The van der Waals surface area contributed by atoms with Gasteiger partial charge in [-0.15, -0.1) is 0 Å². The van der Waals surface area contributed by atoms with Gasteiger partial charge in [0.1, 0.15) is 0 Å². The fourth-order valence-corrected chi connectivity index (χ4v) is 8.76. The van der Waals surface area contributed by atoms with Crippen LogP contribution in [0.15, 0.2) is 170 Å². The fraction of sp³-hybridized carbons (Fsp3) is 0.111. The van der Waals surface area contributed by atoms with E-state index in [1.807, 2.05) is 0 Å². The molecule has 0 fully saturated rings. The summed E-state index contributed by atoms with van der Waals surface area (Å²) in [5.74, 6) is 0. The first-order chi connectivity index (χ1) is 27.7. The topological polar surface area (TPSA) is 6.48 Å². The Labute approximate surface area is 330 Å². The highest BCUT2D eigenvalue weighted by molar-refractivity contribution is 5.87. The van der Waals surface area contributed by atoms with Crippen molar-refractivity contribution in [3.05, 3.63) is 214 Å². The molecule has 0 heterocycles. The van der Waals surface area contributed by atoms with Crippen LogP contribution in [-0.4, -0.2) is 12.1 Å². The molecule has 2 unspecified atom stereocenters. The highest BCUT2D eigenvalue weighted by Crippen LogP contribution is 2.36. The predicted octanol–water partition coefficient (Wildman–Crippen LogP) is 11.9. The van der Waals surface area contributed by atoms with E-state index in [0.717, 1.165) is 25.7 Å². The lowest BCUT2D eigenvalue weighted by atomic mass is 9.92. The average molecular weight is 721 g/mol. The van der Waals surface area contributed by atoms with E-state index in [9.17, 15) is 0 Å². The monoisotopic (exact) mass is 720 g/mol. The Kier molecular flexibility index (Phi) is 9.01. The number of benzene rings is 7. The zero-order valence-electron chi connectivity index (χ0n) is 31.5. The summed E-state index contributed by atoms with van der Waals surface area (Å²) in [5, 5.41) is 5.14. The molecule has 2 heteroatoms. The third-order valence-electron chi connectivity index (χ3n) is 11.7. The molecule has 0 N–H and O–H groups in total. The van der Waals surface area contributed by atoms with Crippen molar-refractivity contribution in [2.75, 3.05) is 9.80 Å². The SMILES string of the molecule is C1=Cc2cc(N(c3ccc(/C=C/c4ccc(N(c5ccc6ccccc6c5)C5C=Cc6ccccc6C5)cc4)cc3)C3C=c4ccccc4=CC3)ccc2CC1. The first-order valence-electron chi connectivity index (χ1n) is 20.0. The van der Waals surface area contributed by atoms with Crippen LogP contribution < -0.4 is 20.2 Å². The molecule has 2 atom stereocenters. The first-order valence-corrected chi connectivity index (χ1v) is 20.0. The largest absolute Gasteiger partial charge is 0.334 e. The highest BCUT2D eigenvalue weighted by Gasteiger charge is 2.24. The van der Waals surface area contributed by atoms with Crippen molar-refractivity contribution in [1.29, 1.82) is 0 Å². The van der Waals surface area contributed by atoms with Gasteiger partial charge in [0.25, 0.3) is 0 Å². The molecule has 0 aliphatic heterocycles. The molecule has 3 aliphatic carbocycles. The second-order valence-corrected chi connectivity index (χ2v) is 15.2. The Hall–Kier alpha value is -6.64. The van der Waals surface area contributed by atoms with Gasteiger partial charge in [0.05, 0.1) is 12.1 Å². The lowest BCUT2D eigenvalue weighted by Crippen LogP contribution is -2.37. The van der Waals surface area contributed by atoms with Gasteiger partial charge in [-0.1, -0.05) is 158 Å². The van der Waals surface area contributed by atoms with Crippen molar-refractivity contribution in [3.63, 3.8) is 0 Å². The van der Waals surface area contributed by atoms with Crippen LogP contribution in [0.2, 0.25) is 0 Å². The van der Waals surface area contributed by atoms with Crippen molar-refractivity contribution in [2.45, 2.75) is 37.8 Å². The summed E-state index contributed by atoms with van der Waals surface area (Å²) in [7, 11) is 0. The van der Waals surface area contributed by atoms with Crippen molar-refractivity contribution in [2.24, 2.45) is 0 Å². The van der Waals surface area contributed by atoms with Gasteiger partial charge in [-0.25, -0.2) is 0 Å². The number of anilines is 4. The molecular formula is C54H44N2. The number of allylic oxidation sites excluding steroid dienone is 1. The number of rotatable bonds is 8. The van der Waals surface area contributed by atoms with Gasteiger partial charge in [0.15, 0.2) is 0 Å². The van der Waals surface area contributed by atoms with Gasteiger partial charge in [-0.2, -0.15) is 0 Å². The standard InChI is InChI=1S/C54H44N2/c1-5-13-45-35-51(31-23-41(45)9-1)55(52-32-24-42-10-2-6-14-46(42)36-52)49-27-19-39(20-28-49)17-18-40-21-29-50(30-22-40)56(53-33-25-43-11-3-7-15-47(43)37-53)54-34-26-44-12-4-8-16-48(44)38-54/h1-3,5-11,13-32,34-35,37-38,52-53H,4,12,33,36H2/b18-17+. The minimum absolute atomic E-state index is 0.210. The van der Waals surface area contributed by atoms with E-state index in [4.69, 9.17) is 0 Å². The smallest absolute Gasteiger partial charge is 0.0566 e. The molecule has 0 radical (unpaired) electrons. The second kappa shape index (κ2) is 14.9. The van der Waals surface area contributed by atoms with E-state index in [0.29, 0.717) is 0 Å². The maximum atomic E-state index is 2.52. The summed E-state index contributed by atoms with van der Waals surface area (Å²) in [6.45, 7) is 0. The number of nitrogens with zero attached hydrogens (tertiary/aromatic N) is 2. The summed E-state index contributed by atoms with van der Waals surface area (Å²) >= 11 is 0. The van der Waals surface area contributed by atoms with E-state index in [1.165, 1.54) is 77.3 Å². The minimum Gasteiger partial charge on any atom is -0.334 e. The van der Waals surface area contributed by atoms with Crippen LogP contribution in [0.3, 0.4) is 0 Å².